The van der Waals surface area contributed by atoms with Gasteiger partial charge in [0.15, 0.2) is 5.34 Å². The average Bonchev–Trinajstić information content (AvgIpc) is 3.22. The highest BCUT2D eigenvalue weighted by Gasteiger charge is 2.67. The number of rotatable bonds is 6. The molecule has 3 atom stereocenters. The molecule has 0 radical (unpaired) electrons. The molecule has 144 valence electrons. The number of ether oxygens (including phenoxy) is 1. The molecule has 1 aromatic carbocycles. The summed E-state index contributed by atoms with van der Waals surface area (Å²) in [5, 5.41) is 10.0. The predicted molar refractivity (Wildman–Crippen MR) is 95.8 cm³/mol. The molecule has 0 spiro atoms. The van der Waals surface area contributed by atoms with E-state index in [2.05, 4.69) is 4.90 Å². The molecule has 0 amide bonds. The number of nitro benzene ring substituents is 1. The van der Waals surface area contributed by atoms with E-state index in [1.165, 1.54) is 26.4 Å². The van der Waals surface area contributed by atoms with E-state index >= 15 is 0 Å². The summed E-state index contributed by atoms with van der Waals surface area (Å²) in [6.45, 7) is 4.65. The maximum absolute atomic E-state index is 13.5. The van der Waals surface area contributed by atoms with E-state index < -0.39 is 24.1 Å². The first-order valence-corrected chi connectivity index (χ1v) is 10.2. The molecule has 8 nitrogen and oxygen atoms in total. The number of hydrogen-bond donors (Lipinski definition) is 0. The van der Waals surface area contributed by atoms with E-state index in [4.69, 9.17) is 13.8 Å². The van der Waals surface area contributed by atoms with Crippen LogP contribution >= 0.6 is 7.60 Å². The summed E-state index contributed by atoms with van der Waals surface area (Å²) in [5.74, 6) is -0.137. The second-order valence-corrected chi connectivity index (χ2v) is 9.41. The van der Waals surface area contributed by atoms with Crippen molar-refractivity contribution >= 4 is 13.3 Å². The highest BCUT2D eigenvalue weighted by Crippen LogP contribution is 2.70. The fourth-order valence-electron chi connectivity index (χ4n) is 4.33. The SMILES string of the molecule is COP(=O)(OC)C1(C(C)C)OC(c2cccc([N+](=O)[O-])c2)N2CCCC21. The Balaban J connectivity index is 2.10. The molecule has 0 bridgehead atoms. The van der Waals surface area contributed by atoms with Gasteiger partial charge in [-0.2, -0.15) is 0 Å². The molecule has 0 saturated carbocycles. The highest BCUT2D eigenvalue weighted by molar-refractivity contribution is 7.55. The molecular formula is C17H25N2O6P. The Morgan fingerprint density at radius 1 is 1.38 bits per heavy atom. The van der Waals surface area contributed by atoms with Crippen molar-refractivity contribution in [3.8, 4) is 0 Å². The van der Waals surface area contributed by atoms with Crippen LogP contribution in [0.5, 0.6) is 0 Å². The van der Waals surface area contributed by atoms with E-state index in [-0.39, 0.29) is 17.6 Å². The van der Waals surface area contributed by atoms with Crippen LogP contribution in [0.15, 0.2) is 24.3 Å². The fourth-order valence-corrected chi connectivity index (χ4v) is 6.56. The first kappa shape index (κ1) is 19.5. The summed E-state index contributed by atoms with van der Waals surface area (Å²) in [6, 6.07) is 6.26. The molecule has 1 aromatic rings. The van der Waals surface area contributed by atoms with Crippen molar-refractivity contribution in [2.75, 3.05) is 20.8 Å². The summed E-state index contributed by atoms with van der Waals surface area (Å²) in [7, 11) is -0.827. The molecule has 2 heterocycles. The average molecular weight is 384 g/mol. The molecule has 2 aliphatic rings. The molecule has 26 heavy (non-hydrogen) atoms. The van der Waals surface area contributed by atoms with Crippen LogP contribution in [-0.2, 0) is 18.3 Å². The standard InChI is InChI=1S/C17H25N2O6P/c1-12(2)17(26(22,23-3)24-4)15-9-6-10-18(15)16(25-17)13-7-5-8-14(11-13)19(20)21/h5,7-8,11-12,15-16H,6,9-10H2,1-4H3. The first-order chi connectivity index (χ1) is 12.3. The Morgan fingerprint density at radius 3 is 2.65 bits per heavy atom. The van der Waals surface area contributed by atoms with Gasteiger partial charge in [0.2, 0.25) is 0 Å². The second-order valence-electron chi connectivity index (χ2n) is 6.99. The van der Waals surface area contributed by atoms with Crippen LogP contribution in [0, 0.1) is 16.0 Å². The van der Waals surface area contributed by atoms with E-state index in [9.17, 15) is 14.7 Å². The molecule has 0 aliphatic carbocycles. The van der Waals surface area contributed by atoms with Gasteiger partial charge in [0, 0.05) is 38.5 Å². The lowest BCUT2D eigenvalue weighted by Gasteiger charge is -2.40. The van der Waals surface area contributed by atoms with E-state index in [1.807, 2.05) is 13.8 Å². The Bertz CT molecular complexity index is 734. The van der Waals surface area contributed by atoms with E-state index in [0.717, 1.165) is 19.4 Å². The van der Waals surface area contributed by atoms with Crippen LogP contribution in [0.25, 0.3) is 0 Å². The summed E-state index contributed by atoms with van der Waals surface area (Å²) in [4.78, 5) is 12.9. The number of hydrogen-bond acceptors (Lipinski definition) is 7. The Kier molecular flexibility index (Phi) is 5.25. The van der Waals surface area contributed by atoms with Crippen molar-refractivity contribution in [3.05, 3.63) is 39.9 Å². The van der Waals surface area contributed by atoms with Crippen molar-refractivity contribution in [3.63, 3.8) is 0 Å². The van der Waals surface area contributed by atoms with Gasteiger partial charge in [-0.1, -0.05) is 26.0 Å². The number of nitrogens with zero attached hydrogens (tertiary/aromatic N) is 2. The van der Waals surface area contributed by atoms with Gasteiger partial charge < -0.3 is 13.8 Å². The van der Waals surface area contributed by atoms with Gasteiger partial charge in [-0.15, -0.1) is 0 Å². The minimum absolute atomic E-state index is 0.00515. The van der Waals surface area contributed by atoms with Gasteiger partial charge in [0.1, 0.15) is 6.23 Å². The lowest BCUT2D eigenvalue weighted by molar-refractivity contribution is -0.385. The Hall–Kier alpha value is -1.31. The molecule has 0 N–H and O–H groups in total. The van der Waals surface area contributed by atoms with Crippen molar-refractivity contribution in [1.82, 2.24) is 4.90 Å². The zero-order chi connectivity index (χ0) is 19.1. The van der Waals surface area contributed by atoms with Crippen molar-refractivity contribution < 1.29 is 23.3 Å². The zero-order valence-electron chi connectivity index (χ0n) is 15.5. The summed E-state index contributed by atoms with van der Waals surface area (Å²) in [5.41, 5.74) is 0.679. The molecular weight excluding hydrogens is 359 g/mol. The summed E-state index contributed by atoms with van der Waals surface area (Å²) in [6.07, 6.45) is 1.21. The molecule has 0 aromatic heterocycles. The highest BCUT2D eigenvalue weighted by atomic mass is 31.2. The van der Waals surface area contributed by atoms with E-state index in [1.54, 1.807) is 12.1 Å². The Labute approximate surface area is 153 Å². The maximum atomic E-state index is 13.5. The van der Waals surface area contributed by atoms with Crippen molar-refractivity contribution in [2.45, 2.75) is 44.3 Å². The van der Waals surface area contributed by atoms with Gasteiger partial charge in [0.05, 0.1) is 11.0 Å². The minimum atomic E-state index is -3.57. The van der Waals surface area contributed by atoms with Gasteiger partial charge in [0.25, 0.3) is 5.69 Å². The fraction of sp³-hybridized carbons (Fsp3) is 0.647. The normalized spacial score (nSPS) is 29.3. The molecule has 2 aliphatic heterocycles. The molecule has 3 rings (SSSR count). The summed E-state index contributed by atoms with van der Waals surface area (Å²) >= 11 is 0. The van der Waals surface area contributed by atoms with Crippen LogP contribution in [0.2, 0.25) is 0 Å². The van der Waals surface area contributed by atoms with Gasteiger partial charge >= 0.3 is 7.60 Å². The molecule has 3 unspecified atom stereocenters. The zero-order valence-corrected chi connectivity index (χ0v) is 16.3. The third kappa shape index (κ3) is 2.72. The lowest BCUT2D eigenvalue weighted by Crippen LogP contribution is -2.47. The topological polar surface area (TPSA) is 91.1 Å². The first-order valence-electron chi connectivity index (χ1n) is 8.70. The molecule has 9 heteroatoms. The van der Waals surface area contributed by atoms with Crippen molar-refractivity contribution in [2.24, 2.45) is 5.92 Å². The predicted octanol–water partition coefficient (Wildman–Crippen LogP) is 3.93. The number of fused-ring (bicyclic) bond motifs is 1. The summed E-state index contributed by atoms with van der Waals surface area (Å²) < 4.78 is 30.7. The van der Waals surface area contributed by atoms with Crippen molar-refractivity contribution in [1.29, 1.82) is 0 Å². The maximum Gasteiger partial charge on any atom is 0.363 e. The van der Waals surface area contributed by atoms with Gasteiger partial charge in [-0.25, -0.2) is 0 Å². The lowest BCUT2D eigenvalue weighted by atomic mass is 9.97. The molecule has 2 fully saturated rings. The number of benzene rings is 1. The van der Waals surface area contributed by atoms with Crippen LogP contribution < -0.4 is 0 Å². The number of non-ortho nitro benzene ring substituents is 1. The van der Waals surface area contributed by atoms with Crippen LogP contribution in [-0.4, -0.2) is 42.0 Å². The van der Waals surface area contributed by atoms with Gasteiger partial charge in [-0.3, -0.25) is 19.6 Å². The van der Waals surface area contributed by atoms with Crippen LogP contribution in [0.4, 0.5) is 5.69 Å². The number of nitro groups is 1. The van der Waals surface area contributed by atoms with Crippen LogP contribution in [0.3, 0.4) is 0 Å². The van der Waals surface area contributed by atoms with E-state index in [0.29, 0.717) is 5.56 Å². The quantitative estimate of drug-likeness (QED) is 0.417. The Morgan fingerprint density at radius 2 is 2.08 bits per heavy atom. The minimum Gasteiger partial charge on any atom is -0.338 e. The third-order valence-corrected chi connectivity index (χ3v) is 8.21. The second kappa shape index (κ2) is 7.02. The van der Waals surface area contributed by atoms with Crippen LogP contribution in [0.1, 0.15) is 38.5 Å². The smallest absolute Gasteiger partial charge is 0.338 e. The monoisotopic (exact) mass is 384 g/mol. The largest absolute Gasteiger partial charge is 0.363 e. The third-order valence-electron chi connectivity index (χ3n) is 5.48. The van der Waals surface area contributed by atoms with Gasteiger partial charge in [-0.05, 0) is 18.8 Å². The molecule has 2 saturated heterocycles.